The maximum atomic E-state index is 10.1. The molecule has 0 bridgehead atoms. The molecule has 2 heterocycles. The van der Waals surface area contributed by atoms with Crippen LogP contribution in [-0.4, -0.2) is 51.1 Å². The largest absolute Gasteiger partial charge is 0.506 e. The minimum absolute atomic E-state index is 0.212. The number of benzene rings is 2. The van der Waals surface area contributed by atoms with E-state index in [9.17, 15) is 5.11 Å². The zero-order valence-electron chi connectivity index (χ0n) is 17.1. The van der Waals surface area contributed by atoms with Crippen molar-refractivity contribution in [2.45, 2.75) is 19.9 Å². The minimum Gasteiger partial charge on any atom is -0.506 e. The summed E-state index contributed by atoms with van der Waals surface area (Å²) in [5.41, 5.74) is 9.00. The molecule has 3 aromatic rings. The Kier molecular flexibility index (Phi) is 5.94. The van der Waals surface area contributed by atoms with Gasteiger partial charge in [-0.15, -0.1) is 0 Å². The van der Waals surface area contributed by atoms with E-state index >= 15 is 0 Å². The molecule has 0 spiro atoms. The number of piperazine rings is 1. The zero-order chi connectivity index (χ0) is 20.9. The van der Waals surface area contributed by atoms with Crippen LogP contribution in [0.4, 0.5) is 23.3 Å². The van der Waals surface area contributed by atoms with Gasteiger partial charge in [-0.25, -0.2) is 0 Å². The molecule has 1 aliphatic heterocycles. The summed E-state index contributed by atoms with van der Waals surface area (Å²) in [5, 5.41) is 13.4. The van der Waals surface area contributed by atoms with Crippen molar-refractivity contribution >= 4 is 23.3 Å². The maximum Gasteiger partial charge on any atom is 0.232 e. The smallest absolute Gasteiger partial charge is 0.232 e. The molecular weight excluding hydrogens is 378 g/mol. The molecule has 0 amide bonds. The molecule has 4 rings (SSSR count). The molecule has 0 saturated carbocycles. The number of para-hydroxylation sites is 3. The molecule has 1 aromatic heterocycles. The van der Waals surface area contributed by atoms with Crippen LogP contribution in [-0.2, 0) is 13.0 Å². The Labute approximate surface area is 176 Å². The average Bonchev–Trinajstić information content (AvgIpc) is 2.75. The molecule has 30 heavy (non-hydrogen) atoms. The predicted molar refractivity (Wildman–Crippen MR) is 119 cm³/mol. The van der Waals surface area contributed by atoms with Gasteiger partial charge in [-0.2, -0.15) is 15.0 Å². The van der Waals surface area contributed by atoms with E-state index in [0.717, 1.165) is 44.0 Å². The molecule has 0 aliphatic carbocycles. The number of nitrogens with two attached hydrogens (primary N) is 1. The van der Waals surface area contributed by atoms with Crippen molar-refractivity contribution in [1.29, 1.82) is 0 Å². The maximum absolute atomic E-state index is 10.1. The monoisotopic (exact) mass is 405 g/mol. The van der Waals surface area contributed by atoms with Gasteiger partial charge < -0.3 is 21.1 Å². The summed E-state index contributed by atoms with van der Waals surface area (Å²) >= 11 is 0. The SMILES string of the molecule is CCc1ccccc1Nc1nc(N)nc(CN2CCN(c3ccccc3O)CC2)n1. The second-order valence-electron chi connectivity index (χ2n) is 7.32. The molecule has 4 N–H and O–H groups in total. The number of aryl methyl sites for hydroxylation is 1. The summed E-state index contributed by atoms with van der Waals surface area (Å²) in [4.78, 5) is 17.6. The van der Waals surface area contributed by atoms with E-state index in [-0.39, 0.29) is 5.95 Å². The van der Waals surface area contributed by atoms with Crippen LogP contribution < -0.4 is 16.0 Å². The summed E-state index contributed by atoms with van der Waals surface area (Å²) in [6.07, 6.45) is 0.915. The van der Waals surface area contributed by atoms with Gasteiger partial charge in [0.1, 0.15) is 11.6 Å². The fraction of sp³-hybridized carbons (Fsp3) is 0.318. The van der Waals surface area contributed by atoms with Crippen LogP contribution in [0.3, 0.4) is 0 Å². The molecule has 1 aliphatic rings. The molecule has 8 heteroatoms. The first-order chi connectivity index (χ1) is 14.6. The highest BCUT2D eigenvalue weighted by Crippen LogP contribution is 2.27. The number of hydrogen-bond acceptors (Lipinski definition) is 8. The van der Waals surface area contributed by atoms with Crippen molar-refractivity contribution in [2.75, 3.05) is 42.1 Å². The summed E-state index contributed by atoms with van der Waals surface area (Å²) < 4.78 is 0. The van der Waals surface area contributed by atoms with E-state index in [1.54, 1.807) is 6.07 Å². The number of phenolic OH excluding ortho intramolecular Hbond substituents is 1. The molecule has 0 unspecified atom stereocenters. The van der Waals surface area contributed by atoms with Crippen molar-refractivity contribution in [1.82, 2.24) is 19.9 Å². The highest BCUT2D eigenvalue weighted by molar-refractivity contribution is 5.59. The third-order valence-corrected chi connectivity index (χ3v) is 5.30. The first kappa shape index (κ1) is 19.9. The van der Waals surface area contributed by atoms with E-state index < -0.39 is 0 Å². The summed E-state index contributed by atoms with van der Waals surface area (Å²) in [6, 6.07) is 15.5. The van der Waals surface area contributed by atoms with Gasteiger partial charge in [0, 0.05) is 31.9 Å². The van der Waals surface area contributed by atoms with E-state index in [1.807, 2.05) is 36.4 Å². The lowest BCUT2D eigenvalue weighted by atomic mass is 10.1. The number of aromatic hydroxyl groups is 1. The lowest BCUT2D eigenvalue weighted by molar-refractivity contribution is 0.243. The summed E-state index contributed by atoms with van der Waals surface area (Å²) in [7, 11) is 0. The Hall–Kier alpha value is -3.39. The zero-order valence-corrected chi connectivity index (χ0v) is 17.1. The van der Waals surface area contributed by atoms with Crippen molar-refractivity contribution in [2.24, 2.45) is 0 Å². The van der Waals surface area contributed by atoms with Gasteiger partial charge in [-0.1, -0.05) is 37.3 Å². The Morgan fingerprint density at radius 3 is 2.47 bits per heavy atom. The Bertz CT molecular complexity index is 1000. The topological polar surface area (TPSA) is 103 Å². The highest BCUT2D eigenvalue weighted by Gasteiger charge is 2.20. The number of nitrogens with zero attached hydrogens (tertiary/aromatic N) is 5. The van der Waals surface area contributed by atoms with Crippen LogP contribution in [0.5, 0.6) is 5.75 Å². The van der Waals surface area contributed by atoms with Gasteiger partial charge >= 0.3 is 0 Å². The first-order valence-corrected chi connectivity index (χ1v) is 10.2. The van der Waals surface area contributed by atoms with Gasteiger partial charge in [0.25, 0.3) is 0 Å². The van der Waals surface area contributed by atoms with Crippen LogP contribution in [0.1, 0.15) is 18.3 Å². The molecule has 1 fully saturated rings. The van der Waals surface area contributed by atoms with Gasteiger partial charge in [0.2, 0.25) is 11.9 Å². The average molecular weight is 406 g/mol. The van der Waals surface area contributed by atoms with Crippen LogP contribution in [0.15, 0.2) is 48.5 Å². The second-order valence-corrected chi connectivity index (χ2v) is 7.32. The highest BCUT2D eigenvalue weighted by atomic mass is 16.3. The van der Waals surface area contributed by atoms with Crippen LogP contribution in [0.25, 0.3) is 0 Å². The number of phenols is 1. The molecule has 0 radical (unpaired) electrons. The fourth-order valence-corrected chi connectivity index (χ4v) is 3.71. The van der Waals surface area contributed by atoms with Crippen LogP contribution in [0, 0.1) is 0 Å². The Morgan fingerprint density at radius 2 is 1.70 bits per heavy atom. The quantitative estimate of drug-likeness (QED) is 0.575. The number of hydrogen-bond donors (Lipinski definition) is 3. The van der Waals surface area contributed by atoms with Crippen molar-refractivity contribution in [3.63, 3.8) is 0 Å². The number of aromatic nitrogens is 3. The Balaban J connectivity index is 1.41. The lowest BCUT2D eigenvalue weighted by Gasteiger charge is -2.35. The number of nitrogen functional groups attached to an aromatic ring is 1. The summed E-state index contributed by atoms with van der Waals surface area (Å²) in [5.74, 6) is 1.64. The minimum atomic E-state index is 0.212. The third kappa shape index (κ3) is 4.60. The Morgan fingerprint density at radius 1 is 0.967 bits per heavy atom. The normalized spacial score (nSPS) is 14.6. The van der Waals surface area contributed by atoms with E-state index in [1.165, 1.54) is 5.56 Å². The van der Waals surface area contributed by atoms with Gasteiger partial charge in [-0.3, -0.25) is 4.90 Å². The summed E-state index contributed by atoms with van der Waals surface area (Å²) in [6.45, 7) is 6.07. The molecule has 1 saturated heterocycles. The molecular formula is C22H27N7O. The van der Waals surface area contributed by atoms with Gasteiger partial charge in [-0.05, 0) is 30.2 Å². The fourth-order valence-electron chi connectivity index (χ4n) is 3.71. The first-order valence-electron chi connectivity index (χ1n) is 10.2. The molecule has 8 nitrogen and oxygen atoms in total. The van der Waals surface area contributed by atoms with Gasteiger partial charge in [0.15, 0.2) is 0 Å². The number of rotatable bonds is 6. The van der Waals surface area contributed by atoms with Crippen molar-refractivity contribution in [3.8, 4) is 5.75 Å². The number of nitrogens with one attached hydrogen (secondary N) is 1. The van der Waals surface area contributed by atoms with Crippen molar-refractivity contribution in [3.05, 3.63) is 59.9 Å². The van der Waals surface area contributed by atoms with Gasteiger partial charge in [0.05, 0.1) is 12.2 Å². The molecule has 156 valence electrons. The third-order valence-electron chi connectivity index (χ3n) is 5.30. The van der Waals surface area contributed by atoms with Crippen LogP contribution in [0.2, 0.25) is 0 Å². The number of anilines is 4. The van der Waals surface area contributed by atoms with Crippen molar-refractivity contribution < 1.29 is 5.11 Å². The van der Waals surface area contributed by atoms with E-state index in [4.69, 9.17) is 5.73 Å². The molecule has 0 atom stereocenters. The lowest BCUT2D eigenvalue weighted by Crippen LogP contribution is -2.46. The molecule has 2 aromatic carbocycles. The standard InChI is InChI=1S/C22H27N7O/c1-2-16-7-3-4-8-17(16)24-22-26-20(25-21(23)27-22)15-28-11-13-29(14-12-28)18-9-5-6-10-19(18)30/h3-10,30H,2,11-15H2,1H3,(H3,23,24,25,26,27). The van der Waals surface area contributed by atoms with E-state index in [2.05, 4.69) is 43.1 Å². The predicted octanol–water partition coefficient (Wildman–Crippen LogP) is 2.79. The van der Waals surface area contributed by atoms with Crippen LogP contribution >= 0.6 is 0 Å². The second kappa shape index (κ2) is 8.96. The van der Waals surface area contributed by atoms with E-state index in [0.29, 0.717) is 24.1 Å².